The lowest BCUT2D eigenvalue weighted by molar-refractivity contribution is -0.119. The van der Waals surface area contributed by atoms with E-state index in [2.05, 4.69) is 15.8 Å². The molecule has 0 aromatic carbocycles. The standard InChI is InChI=1S/C10H17N3O2/c1-4-11-6-7(2)10(14)12-9-5-8(3)15-13-9/h5,7,11H,4,6H2,1-3H3,(H,12,13,14). The summed E-state index contributed by atoms with van der Waals surface area (Å²) in [5.74, 6) is 1.02. The Morgan fingerprint density at radius 3 is 2.93 bits per heavy atom. The first-order chi connectivity index (χ1) is 7.13. The largest absolute Gasteiger partial charge is 0.360 e. The molecule has 1 unspecified atom stereocenters. The van der Waals surface area contributed by atoms with E-state index in [1.54, 1.807) is 13.0 Å². The van der Waals surface area contributed by atoms with Gasteiger partial charge in [-0.2, -0.15) is 0 Å². The van der Waals surface area contributed by atoms with Crippen molar-refractivity contribution in [2.24, 2.45) is 5.92 Å². The van der Waals surface area contributed by atoms with Gasteiger partial charge in [-0.1, -0.05) is 19.0 Å². The lowest BCUT2D eigenvalue weighted by Gasteiger charge is -2.10. The summed E-state index contributed by atoms with van der Waals surface area (Å²) in [6, 6.07) is 1.69. The highest BCUT2D eigenvalue weighted by molar-refractivity contribution is 5.91. The van der Waals surface area contributed by atoms with E-state index in [0.29, 0.717) is 18.1 Å². The van der Waals surface area contributed by atoms with Crippen LogP contribution in [0.15, 0.2) is 10.6 Å². The van der Waals surface area contributed by atoms with E-state index >= 15 is 0 Å². The number of carbonyl (C=O) groups is 1. The molecule has 0 bridgehead atoms. The first-order valence-electron chi connectivity index (χ1n) is 5.08. The monoisotopic (exact) mass is 211 g/mol. The zero-order valence-corrected chi connectivity index (χ0v) is 9.33. The van der Waals surface area contributed by atoms with Crippen LogP contribution in [0.2, 0.25) is 0 Å². The van der Waals surface area contributed by atoms with Gasteiger partial charge in [0.2, 0.25) is 5.91 Å². The number of aromatic nitrogens is 1. The van der Waals surface area contributed by atoms with Gasteiger partial charge in [0.1, 0.15) is 5.76 Å². The maximum atomic E-state index is 11.6. The van der Waals surface area contributed by atoms with Gasteiger partial charge >= 0.3 is 0 Å². The lowest BCUT2D eigenvalue weighted by atomic mass is 10.1. The van der Waals surface area contributed by atoms with Crippen molar-refractivity contribution in [2.75, 3.05) is 18.4 Å². The molecule has 1 aromatic rings. The van der Waals surface area contributed by atoms with E-state index in [1.807, 2.05) is 13.8 Å². The van der Waals surface area contributed by atoms with Gasteiger partial charge in [-0.25, -0.2) is 0 Å². The predicted octanol–water partition coefficient (Wildman–Crippen LogP) is 1.17. The molecule has 0 aliphatic heterocycles. The average molecular weight is 211 g/mol. The van der Waals surface area contributed by atoms with Crippen LogP contribution in [0.25, 0.3) is 0 Å². The molecule has 0 saturated heterocycles. The van der Waals surface area contributed by atoms with E-state index in [4.69, 9.17) is 4.52 Å². The number of nitrogens with one attached hydrogen (secondary N) is 2. The Kier molecular flexibility index (Phi) is 4.30. The number of anilines is 1. The van der Waals surface area contributed by atoms with Gasteiger partial charge in [0.05, 0.1) is 0 Å². The molecule has 1 atom stereocenters. The fourth-order valence-corrected chi connectivity index (χ4v) is 1.13. The molecule has 0 aliphatic rings. The van der Waals surface area contributed by atoms with Gasteiger partial charge in [-0.15, -0.1) is 0 Å². The molecule has 1 aromatic heterocycles. The van der Waals surface area contributed by atoms with Crippen LogP contribution in [0.3, 0.4) is 0 Å². The molecule has 0 spiro atoms. The van der Waals surface area contributed by atoms with E-state index < -0.39 is 0 Å². The summed E-state index contributed by atoms with van der Waals surface area (Å²) in [5, 5.41) is 9.49. The van der Waals surface area contributed by atoms with Crippen molar-refractivity contribution >= 4 is 11.7 Å². The van der Waals surface area contributed by atoms with Crippen molar-refractivity contribution in [3.05, 3.63) is 11.8 Å². The van der Waals surface area contributed by atoms with Crippen LogP contribution < -0.4 is 10.6 Å². The van der Waals surface area contributed by atoms with Crippen LogP contribution >= 0.6 is 0 Å². The molecule has 0 radical (unpaired) electrons. The Balaban J connectivity index is 2.41. The molecule has 84 valence electrons. The van der Waals surface area contributed by atoms with E-state index in [0.717, 1.165) is 6.54 Å². The van der Waals surface area contributed by atoms with Gasteiger partial charge in [0.25, 0.3) is 0 Å². The second-order valence-corrected chi connectivity index (χ2v) is 3.52. The maximum absolute atomic E-state index is 11.6. The average Bonchev–Trinajstić information content (AvgIpc) is 2.60. The maximum Gasteiger partial charge on any atom is 0.229 e. The van der Waals surface area contributed by atoms with Crippen molar-refractivity contribution in [2.45, 2.75) is 20.8 Å². The molecule has 1 heterocycles. The van der Waals surface area contributed by atoms with Crippen LogP contribution in [0.5, 0.6) is 0 Å². The van der Waals surface area contributed by atoms with Crippen molar-refractivity contribution in [3.63, 3.8) is 0 Å². The molecule has 0 fully saturated rings. The highest BCUT2D eigenvalue weighted by atomic mass is 16.5. The molecule has 2 N–H and O–H groups in total. The summed E-state index contributed by atoms with van der Waals surface area (Å²) in [5.41, 5.74) is 0. The second-order valence-electron chi connectivity index (χ2n) is 3.52. The smallest absolute Gasteiger partial charge is 0.229 e. The van der Waals surface area contributed by atoms with Crippen molar-refractivity contribution < 1.29 is 9.32 Å². The number of nitrogens with zero attached hydrogens (tertiary/aromatic N) is 1. The molecule has 5 heteroatoms. The summed E-state index contributed by atoms with van der Waals surface area (Å²) in [6.45, 7) is 7.18. The summed E-state index contributed by atoms with van der Waals surface area (Å²) in [7, 11) is 0. The molecule has 0 aliphatic carbocycles. The zero-order valence-electron chi connectivity index (χ0n) is 9.33. The number of amides is 1. The third kappa shape index (κ3) is 3.71. The quantitative estimate of drug-likeness (QED) is 0.767. The van der Waals surface area contributed by atoms with Crippen molar-refractivity contribution in [3.8, 4) is 0 Å². The van der Waals surface area contributed by atoms with Crippen molar-refractivity contribution in [1.29, 1.82) is 0 Å². The minimum Gasteiger partial charge on any atom is -0.360 e. The number of aryl methyl sites for hydroxylation is 1. The molecular weight excluding hydrogens is 194 g/mol. The minimum absolute atomic E-state index is 0.0516. The van der Waals surface area contributed by atoms with Gasteiger partial charge in [0, 0.05) is 18.5 Å². The Bertz CT molecular complexity index is 322. The summed E-state index contributed by atoms with van der Waals surface area (Å²) in [4.78, 5) is 11.6. The van der Waals surface area contributed by atoms with Crippen LogP contribution in [-0.4, -0.2) is 24.2 Å². The molecule has 5 nitrogen and oxygen atoms in total. The van der Waals surface area contributed by atoms with Crippen LogP contribution in [0.1, 0.15) is 19.6 Å². The van der Waals surface area contributed by atoms with Crippen molar-refractivity contribution in [1.82, 2.24) is 10.5 Å². The predicted molar refractivity (Wildman–Crippen MR) is 57.6 cm³/mol. The van der Waals surface area contributed by atoms with E-state index in [1.165, 1.54) is 0 Å². The minimum atomic E-state index is -0.0815. The molecule has 1 amide bonds. The van der Waals surface area contributed by atoms with E-state index in [-0.39, 0.29) is 11.8 Å². The second kappa shape index (κ2) is 5.50. The Morgan fingerprint density at radius 1 is 1.67 bits per heavy atom. The first-order valence-corrected chi connectivity index (χ1v) is 5.08. The number of hydrogen-bond donors (Lipinski definition) is 2. The number of carbonyl (C=O) groups excluding carboxylic acids is 1. The summed E-state index contributed by atoms with van der Waals surface area (Å²) in [6.07, 6.45) is 0. The van der Waals surface area contributed by atoms with Gasteiger partial charge in [-0.3, -0.25) is 4.79 Å². The normalized spacial score (nSPS) is 12.5. The third-order valence-electron chi connectivity index (χ3n) is 2.03. The molecule has 15 heavy (non-hydrogen) atoms. The highest BCUT2D eigenvalue weighted by Gasteiger charge is 2.13. The number of hydrogen-bond acceptors (Lipinski definition) is 4. The van der Waals surface area contributed by atoms with Gasteiger partial charge in [-0.05, 0) is 13.5 Å². The topological polar surface area (TPSA) is 67.2 Å². The lowest BCUT2D eigenvalue weighted by Crippen LogP contribution is -2.30. The molecular formula is C10H17N3O2. The van der Waals surface area contributed by atoms with E-state index in [9.17, 15) is 4.79 Å². The molecule has 1 rings (SSSR count). The third-order valence-corrected chi connectivity index (χ3v) is 2.03. The van der Waals surface area contributed by atoms with Crippen LogP contribution in [0.4, 0.5) is 5.82 Å². The fraction of sp³-hybridized carbons (Fsp3) is 0.600. The van der Waals surface area contributed by atoms with Crippen LogP contribution in [-0.2, 0) is 4.79 Å². The van der Waals surface area contributed by atoms with Gasteiger partial charge in [0.15, 0.2) is 5.82 Å². The SMILES string of the molecule is CCNCC(C)C(=O)Nc1cc(C)on1. The Labute approximate surface area is 89.2 Å². The fourth-order valence-electron chi connectivity index (χ4n) is 1.13. The Morgan fingerprint density at radius 2 is 2.40 bits per heavy atom. The highest BCUT2D eigenvalue weighted by Crippen LogP contribution is 2.08. The zero-order chi connectivity index (χ0) is 11.3. The molecule has 0 saturated carbocycles. The van der Waals surface area contributed by atoms with Gasteiger partial charge < -0.3 is 15.2 Å². The summed E-state index contributed by atoms with van der Waals surface area (Å²) >= 11 is 0. The number of rotatable bonds is 5. The first kappa shape index (κ1) is 11.7. The summed E-state index contributed by atoms with van der Waals surface area (Å²) < 4.78 is 4.85. The van der Waals surface area contributed by atoms with Crippen LogP contribution in [0, 0.1) is 12.8 Å². The Hall–Kier alpha value is -1.36.